The van der Waals surface area contributed by atoms with Gasteiger partial charge >= 0.3 is 6.18 Å². The third-order valence-corrected chi connectivity index (χ3v) is 7.37. The lowest BCUT2D eigenvalue weighted by Crippen LogP contribution is -2.31. The van der Waals surface area contributed by atoms with E-state index in [1.807, 2.05) is 30.3 Å². The van der Waals surface area contributed by atoms with Crippen molar-refractivity contribution in [2.24, 2.45) is 5.73 Å². The van der Waals surface area contributed by atoms with E-state index in [9.17, 15) is 22.8 Å². The summed E-state index contributed by atoms with van der Waals surface area (Å²) < 4.78 is 39.8. The van der Waals surface area contributed by atoms with E-state index in [0.717, 1.165) is 34.3 Å². The number of pyridine rings is 1. The quantitative estimate of drug-likeness (QED) is 0.194. The summed E-state index contributed by atoms with van der Waals surface area (Å²) in [6, 6.07) is 18.4. The van der Waals surface area contributed by atoms with E-state index in [4.69, 9.17) is 33.9 Å². The number of nitrogens with two attached hydrogens (primary N) is 1. The van der Waals surface area contributed by atoms with Gasteiger partial charge in [0, 0.05) is 49.9 Å². The van der Waals surface area contributed by atoms with E-state index in [1.54, 1.807) is 30.1 Å². The Morgan fingerprint density at radius 1 is 0.976 bits per heavy atom. The first-order chi connectivity index (χ1) is 19.8. The van der Waals surface area contributed by atoms with Crippen molar-refractivity contribution in [3.8, 4) is 22.4 Å². The zero-order chi connectivity index (χ0) is 30.6. The minimum atomic E-state index is -4.51. The van der Waals surface area contributed by atoms with Crippen molar-refractivity contribution >= 4 is 50.9 Å². The molecule has 0 radical (unpaired) electrons. The zero-order valence-corrected chi connectivity index (χ0v) is 25.2. The first-order valence-corrected chi connectivity index (χ1v) is 14.0. The number of hydrogen-bond acceptors (Lipinski definition) is 4. The maximum absolute atomic E-state index is 13.0. The molecule has 0 atom stereocenters. The second-order valence-electron chi connectivity index (χ2n) is 9.52. The van der Waals surface area contributed by atoms with Gasteiger partial charge in [-0.2, -0.15) is 13.2 Å². The number of hydrogen-bond donors (Lipinski definition) is 2. The number of nitrogens with one attached hydrogen (secondary N) is 1. The molecule has 218 valence electrons. The molecule has 3 aromatic carbocycles. The fraction of sp³-hybridized carbons (Fsp3) is 0.167. The highest BCUT2D eigenvalue weighted by atomic mass is 79.9. The summed E-state index contributed by atoms with van der Waals surface area (Å²) in [5, 5.41) is 3.61. The van der Waals surface area contributed by atoms with E-state index in [0.29, 0.717) is 38.1 Å². The van der Waals surface area contributed by atoms with Crippen molar-refractivity contribution in [2.45, 2.75) is 19.3 Å². The molecule has 0 aliphatic carbocycles. The van der Waals surface area contributed by atoms with Gasteiger partial charge in [0.1, 0.15) is 0 Å². The Morgan fingerprint density at radius 3 is 2.24 bits per heavy atom. The molecule has 1 aromatic heterocycles. The van der Waals surface area contributed by atoms with Crippen LogP contribution in [0.2, 0.25) is 10.0 Å². The van der Waals surface area contributed by atoms with Crippen LogP contribution >= 0.6 is 39.1 Å². The molecule has 0 saturated heterocycles. The molecule has 42 heavy (non-hydrogen) atoms. The number of likely N-dealkylation sites (N-methyl/N-ethyl adjacent to an activating group) is 1. The van der Waals surface area contributed by atoms with Crippen LogP contribution in [-0.2, 0) is 24.1 Å². The van der Waals surface area contributed by atoms with Gasteiger partial charge in [0.05, 0.1) is 23.5 Å². The van der Waals surface area contributed by atoms with Gasteiger partial charge in [-0.1, -0.05) is 57.3 Å². The highest BCUT2D eigenvalue weighted by Gasteiger charge is 2.30. The summed E-state index contributed by atoms with van der Waals surface area (Å²) in [5.74, 6) is -1.09. The lowest BCUT2D eigenvalue weighted by molar-refractivity contribution is -0.137. The Bertz CT molecular complexity index is 1620. The molecule has 0 saturated carbocycles. The van der Waals surface area contributed by atoms with Crippen LogP contribution in [0.5, 0.6) is 0 Å². The van der Waals surface area contributed by atoms with Crippen molar-refractivity contribution in [2.75, 3.05) is 13.6 Å². The highest BCUT2D eigenvalue weighted by Crippen LogP contribution is 2.38. The number of alkyl halides is 3. The third kappa shape index (κ3) is 7.89. The number of aromatic nitrogens is 1. The predicted octanol–water partition coefficient (Wildman–Crippen LogP) is 7.35. The number of halogens is 6. The van der Waals surface area contributed by atoms with Crippen molar-refractivity contribution in [1.82, 2.24) is 15.2 Å². The molecular formula is C30H24BrCl2F3N4O2. The molecule has 0 bridgehead atoms. The van der Waals surface area contributed by atoms with E-state index in [2.05, 4.69) is 21.2 Å². The molecule has 12 heteroatoms. The summed E-state index contributed by atoms with van der Waals surface area (Å²) >= 11 is 16.2. The topological polar surface area (TPSA) is 88.3 Å². The van der Waals surface area contributed by atoms with Crippen LogP contribution in [0.4, 0.5) is 13.2 Å². The normalized spacial score (nSPS) is 11.5. The van der Waals surface area contributed by atoms with Gasteiger partial charge in [0.25, 0.3) is 5.91 Å². The summed E-state index contributed by atoms with van der Waals surface area (Å²) in [7, 11) is 1.71. The zero-order valence-electron chi connectivity index (χ0n) is 22.1. The van der Waals surface area contributed by atoms with Gasteiger partial charge in [-0.3, -0.25) is 19.5 Å². The highest BCUT2D eigenvalue weighted by molar-refractivity contribution is 9.10. The number of rotatable bonds is 9. The van der Waals surface area contributed by atoms with Crippen LogP contribution in [0.15, 0.2) is 77.3 Å². The molecule has 0 spiro atoms. The predicted molar refractivity (Wildman–Crippen MR) is 161 cm³/mol. The molecule has 0 unspecified atom stereocenters. The maximum atomic E-state index is 13.0. The fourth-order valence-corrected chi connectivity index (χ4v) is 5.06. The summed E-state index contributed by atoms with van der Waals surface area (Å²) in [6.45, 7) is 0.176. The Balaban J connectivity index is 1.78. The van der Waals surface area contributed by atoms with Crippen molar-refractivity contribution in [3.05, 3.63) is 110 Å². The smallest absolute Gasteiger partial charge is 0.369 e. The maximum Gasteiger partial charge on any atom is 0.416 e. The van der Waals surface area contributed by atoms with Crippen LogP contribution in [-0.4, -0.2) is 35.3 Å². The minimum absolute atomic E-state index is 0.00850. The summed E-state index contributed by atoms with van der Waals surface area (Å²) in [4.78, 5) is 31.1. The molecule has 4 aromatic rings. The van der Waals surface area contributed by atoms with E-state index >= 15 is 0 Å². The molecular weight excluding hydrogens is 656 g/mol. The minimum Gasteiger partial charge on any atom is -0.369 e. The largest absolute Gasteiger partial charge is 0.416 e. The Hall–Kier alpha value is -3.44. The Kier molecular flexibility index (Phi) is 9.93. The van der Waals surface area contributed by atoms with Crippen molar-refractivity contribution < 1.29 is 22.8 Å². The molecule has 4 rings (SSSR count). The molecule has 0 fully saturated rings. The first-order valence-electron chi connectivity index (χ1n) is 12.5. The molecule has 0 aliphatic rings. The number of amides is 2. The van der Waals surface area contributed by atoms with Crippen molar-refractivity contribution in [1.29, 1.82) is 0 Å². The lowest BCUT2D eigenvalue weighted by atomic mass is 9.96. The van der Waals surface area contributed by atoms with Gasteiger partial charge in [-0.15, -0.1) is 0 Å². The average Bonchev–Trinajstić information content (AvgIpc) is 2.92. The average molecular weight is 680 g/mol. The molecule has 6 nitrogen and oxygen atoms in total. The molecule has 0 aliphatic heterocycles. The Labute approximate surface area is 258 Å². The van der Waals surface area contributed by atoms with Crippen LogP contribution < -0.4 is 11.1 Å². The Morgan fingerprint density at radius 2 is 1.64 bits per heavy atom. The molecule has 1 heterocycles. The summed E-state index contributed by atoms with van der Waals surface area (Å²) in [6.07, 6.45) is -4.51. The van der Waals surface area contributed by atoms with Gasteiger partial charge in [-0.05, 0) is 67.2 Å². The van der Waals surface area contributed by atoms with Gasteiger partial charge in [-0.25, -0.2) is 0 Å². The SMILES string of the molecule is CN(CC(N)=O)Cc1nc(-c2ccc(Br)cc2)c(-c2ccc(Cl)cc2Cl)cc1CNC(=O)c1ccc(C(F)(F)F)cc1. The monoisotopic (exact) mass is 678 g/mol. The number of carbonyl (C=O) groups excluding carboxylic acids is 2. The van der Waals surface area contributed by atoms with Crippen molar-refractivity contribution in [3.63, 3.8) is 0 Å². The first kappa shape index (κ1) is 31.5. The van der Waals surface area contributed by atoms with Crippen LogP contribution in [0, 0.1) is 0 Å². The van der Waals surface area contributed by atoms with Gasteiger partial charge in [0.15, 0.2) is 0 Å². The molecule has 2 amide bonds. The fourth-order valence-electron chi connectivity index (χ4n) is 4.29. The van der Waals surface area contributed by atoms with Gasteiger partial charge < -0.3 is 11.1 Å². The van der Waals surface area contributed by atoms with Gasteiger partial charge in [0.2, 0.25) is 5.91 Å². The number of benzene rings is 3. The van der Waals surface area contributed by atoms with E-state index in [1.165, 1.54) is 0 Å². The van der Waals surface area contributed by atoms with E-state index < -0.39 is 23.6 Å². The number of primary amides is 1. The number of nitrogens with zero attached hydrogens (tertiary/aromatic N) is 2. The van der Waals surface area contributed by atoms with E-state index in [-0.39, 0.29) is 25.2 Å². The van der Waals surface area contributed by atoms with Crippen LogP contribution in [0.25, 0.3) is 22.4 Å². The third-order valence-electron chi connectivity index (χ3n) is 6.29. The standard InChI is InChI=1S/C30H24BrCl2F3N4O2/c1-40(16-27(37)41)15-26-19(14-38-29(42)18-2-6-20(7-3-18)30(34,35)36)12-24(23-11-10-22(32)13-25(23)33)28(39-26)17-4-8-21(31)9-5-17/h2-13H,14-16H2,1H3,(H2,37,41)(H,38,42). The molecule has 3 N–H and O–H groups in total. The lowest BCUT2D eigenvalue weighted by Gasteiger charge is -2.21. The second kappa shape index (κ2) is 13.2. The number of carbonyl (C=O) groups is 2. The summed E-state index contributed by atoms with van der Waals surface area (Å²) in [5.41, 5.74) is 8.48. The second-order valence-corrected chi connectivity index (χ2v) is 11.3. The van der Waals surface area contributed by atoms with Crippen LogP contribution in [0.3, 0.4) is 0 Å². The van der Waals surface area contributed by atoms with Crippen LogP contribution in [0.1, 0.15) is 27.2 Å².